The molecule has 0 heterocycles. The molecule has 0 aromatic heterocycles. The predicted octanol–water partition coefficient (Wildman–Crippen LogP) is 1.78. The average molecular weight is 285 g/mol. The van der Waals surface area contributed by atoms with Crippen LogP contribution in [-0.2, 0) is 14.8 Å². The van der Waals surface area contributed by atoms with E-state index in [1.807, 2.05) is 0 Å². The summed E-state index contributed by atoms with van der Waals surface area (Å²) in [6.45, 7) is 3.60. The van der Waals surface area contributed by atoms with Crippen molar-refractivity contribution in [2.45, 2.75) is 26.3 Å². The van der Waals surface area contributed by atoms with E-state index in [1.54, 1.807) is 44.2 Å². The van der Waals surface area contributed by atoms with Crippen LogP contribution in [0.5, 0.6) is 0 Å². The zero-order chi connectivity index (χ0) is 14.5. The normalized spacial score (nSPS) is 13.4. The summed E-state index contributed by atoms with van der Waals surface area (Å²) >= 11 is 0. The van der Waals surface area contributed by atoms with E-state index >= 15 is 0 Å². The number of carbonyl (C=O) groups is 1. The smallest absolute Gasteiger partial charge is 0.305 e. The third-order valence-corrected chi connectivity index (χ3v) is 4.20. The summed E-state index contributed by atoms with van der Waals surface area (Å²) in [6.07, 6.45) is -0.276. The molecule has 0 saturated carbocycles. The van der Waals surface area contributed by atoms with E-state index in [4.69, 9.17) is 5.11 Å². The van der Waals surface area contributed by atoms with Crippen molar-refractivity contribution in [2.24, 2.45) is 5.92 Å². The molecule has 19 heavy (non-hydrogen) atoms. The van der Waals surface area contributed by atoms with Crippen molar-refractivity contribution in [1.82, 2.24) is 4.72 Å². The molecule has 1 aromatic carbocycles. The lowest BCUT2D eigenvalue weighted by molar-refractivity contribution is -0.137. The maximum atomic E-state index is 11.9. The summed E-state index contributed by atoms with van der Waals surface area (Å²) in [5, 5.41) is 8.89. The van der Waals surface area contributed by atoms with Crippen LogP contribution in [0.3, 0.4) is 0 Å². The molecule has 0 aliphatic heterocycles. The largest absolute Gasteiger partial charge is 0.481 e. The molecular formula is C13H19NO4S. The summed E-state index contributed by atoms with van der Waals surface area (Å²) in [6, 6.07) is 7.99. The van der Waals surface area contributed by atoms with Gasteiger partial charge in [-0.05, 0) is 11.5 Å². The zero-order valence-electron chi connectivity index (χ0n) is 11.0. The molecule has 0 saturated heterocycles. The zero-order valence-corrected chi connectivity index (χ0v) is 11.9. The maximum Gasteiger partial charge on any atom is 0.305 e. The first-order chi connectivity index (χ1) is 8.80. The number of nitrogens with one attached hydrogen (secondary N) is 1. The lowest BCUT2D eigenvalue weighted by Gasteiger charge is -2.18. The van der Waals surface area contributed by atoms with Crippen LogP contribution in [0, 0.1) is 5.92 Å². The number of benzene rings is 1. The van der Waals surface area contributed by atoms with Crippen molar-refractivity contribution >= 4 is 16.0 Å². The Labute approximate surface area is 113 Å². The van der Waals surface area contributed by atoms with Gasteiger partial charge in [-0.3, -0.25) is 4.79 Å². The maximum absolute atomic E-state index is 11.9. The topological polar surface area (TPSA) is 83.5 Å². The molecule has 0 aliphatic carbocycles. The number of carboxylic acids is 1. The van der Waals surface area contributed by atoms with Crippen molar-refractivity contribution in [3.63, 3.8) is 0 Å². The van der Waals surface area contributed by atoms with Gasteiger partial charge >= 0.3 is 5.97 Å². The Bertz CT molecular complexity index is 511. The molecule has 0 fully saturated rings. The van der Waals surface area contributed by atoms with Crippen LogP contribution in [0.1, 0.15) is 31.9 Å². The quantitative estimate of drug-likeness (QED) is 0.800. The van der Waals surface area contributed by atoms with Gasteiger partial charge in [0.15, 0.2) is 0 Å². The van der Waals surface area contributed by atoms with Gasteiger partial charge in [0.25, 0.3) is 0 Å². The summed E-state index contributed by atoms with van der Waals surface area (Å²) in [5.74, 6) is -1.07. The fourth-order valence-electron chi connectivity index (χ4n) is 1.79. The molecule has 0 spiro atoms. The van der Waals surface area contributed by atoms with Crippen LogP contribution in [0.25, 0.3) is 0 Å². The Kier molecular flexibility index (Phi) is 5.50. The summed E-state index contributed by atoms with van der Waals surface area (Å²) in [4.78, 5) is 10.9. The molecule has 1 rings (SSSR count). The minimum Gasteiger partial charge on any atom is -0.481 e. The van der Waals surface area contributed by atoms with E-state index in [1.165, 1.54) is 0 Å². The van der Waals surface area contributed by atoms with Gasteiger partial charge in [-0.15, -0.1) is 0 Å². The molecule has 1 aromatic rings. The van der Waals surface area contributed by atoms with Crippen molar-refractivity contribution in [3.8, 4) is 0 Å². The number of aliphatic carboxylic acids is 1. The SMILES string of the molecule is CC(C)CS(=O)(=O)NC(CC(=O)O)c1ccccc1. The molecule has 1 unspecified atom stereocenters. The number of carboxylic acid groups (broad SMARTS) is 1. The van der Waals surface area contributed by atoms with Crippen molar-refractivity contribution in [1.29, 1.82) is 0 Å². The fraction of sp³-hybridized carbons (Fsp3) is 0.462. The third-order valence-electron chi connectivity index (χ3n) is 2.46. The van der Waals surface area contributed by atoms with Gasteiger partial charge in [0.2, 0.25) is 10.0 Å². The Morgan fingerprint density at radius 2 is 1.84 bits per heavy atom. The Balaban J connectivity index is 2.90. The highest BCUT2D eigenvalue weighted by Crippen LogP contribution is 2.18. The monoisotopic (exact) mass is 285 g/mol. The number of hydrogen-bond donors (Lipinski definition) is 2. The van der Waals surface area contributed by atoms with E-state index in [0.29, 0.717) is 5.56 Å². The van der Waals surface area contributed by atoms with Gasteiger partial charge in [0.05, 0.1) is 18.2 Å². The molecule has 0 amide bonds. The van der Waals surface area contributed by atoms with E-state index in [-0.39, 0.29) is 18.1 Å². The molecule has 0 bridgehead atoms. The molecule has 0 radical (unpaired) electrons. The van der Waals surface area contributed by atoms with Gasteiger partial charge < -0.3 is 5.11 Å². The first kappa shape index (κ1) is 15.7. The Hall–Kier alpha value is -1.40. The highest BCUT2D eigenvalue weighted by molar-refractivity contribution is 7.89. The lowest BCUT2D eigenvalue weighted by atomic mass is 10.1. The minimum absolute atomic E-state index is 0.0150. The molecule has 106 valence electrons. The van der Waals surface area contributed by atoms with Crippen LogP contribution in [0.4, 0.5) is 0 Å². The van der Waals surface area contributed by atoms with Gasteiger partial charge in [-0.2, -0.15) is 0 Å². The van der Waals surface area contributed by atoms with Gasteiger partial charge in [-0.1, -0.05) is 44.2 Å². The highest BCUT2D eigenvalue weighted by atomic mass is 32.2. The number of hydrogen-bond acceptors (Lipinski definition) is 3. The van der Waals surface area contributed by atoms with Crippen LogP contribution >= 0.6 is 0 Å². The Morgan fingerprint density at radius 1 is 1.26 bits per heavy atom. The van der Waals surface area contributed by atoms with Gasteiger partial charge in [0.1, 0.15) is 0 Å². The van der Waals surface area contributed by atoms with E-state index in [2.05, 4.69) is 4.72 Å². The third kappa shape index (κ3) is 5.85. The van der Waals surface area contributed by atoms with Crippen LogP contribution in [0.2, 0.25) is 0 Å². The van der Waals surface area contributed by atoms with Gasteiger partial charge in [0, 0.05) is 0 Å². The van der Waals surface area contributed by atoms with Gasteiger partial charge in [-0.25, -0.2) is 13.1 Å². The second-order valence-electron chi connectivity index (χ2n) is 4.85. The lowest BCUT2D eigenvalue weighted by Crippen LogP contribution is -2.33. The van der Waals surface area contributed by atoms with Crippen LogP contribution < -0.4 is 4.72 Å². The van der Waals surface area contributed by atoms with E-state index < -0.39 is 22.0 Å². The molecule has 1 atom stereocenters. The van der Waals surface area contributed by atoms with Crippen LogP contribution in [-0.4, -0.2) is 25.2 Å². The number of rotatable bonds is 7. The highest BCUT2D eigenvalue weighted by Gasteiger charge is 2.22. The van der Waals surface area contributed by atoms with Crippen molar-refractivity contribution in [3.05, 3.63) is 35.9 Å². The van der Waals surface area contributed by atoms with Crippen molar-refractivity contribution in [2.75, 3.05) is 5.75 Å². The second-order valence-corrected chi connectivity index (χ2v) is 6.65. The molecule has 2 N–H and O–H groups in total. The second kappa shape index (κ2) is 6.68. The predicted molar refractivity (Wildman–Crippen MR) is 73.2 cm³/mol. The molecule has 5 nitrogen and oxygen atoms in total. The standard InChI is InChI=1S/C13H19NO4S/c1-10(2)9-19(17,18)14-12(8-13(15)16)11-6-4-3-5-7-11/h3-7,10,12,14H,8-9H2,1-2H3,(H,15,16). The van der Waals surface area contributed by atoms with E-state index in [9.17, 15) is 13.2 Å². The van der Waals surface area contributed by atoms with Crippen molar-refractivity contribution < 1.29 is 18.3 Å². The Morgan fingerprint density at radius 3 is 2.32 bits per heavy atom. The van der Waals surface area contributed by atoms with Crippen LogP contribution in [0.15, 0.2) is 30.3 Å². The first-order valence-corrected chi connectivity index (χ1v) is 7.72. The summed E-state index contributed by atoms with van der Waals surface area (Å²) < 4.78 is 26.3. The first-order valence-electron chi connectivity index (χ1n) is 6.07. The summed E-state index contributed by atoms with van der Waals surface area (Å²) in [7, 11) is -3.49. The fourth-order valence-corrected chi connectivity index (χ4v) is 3.42. The summed E-state index contributed by atoms with van der Waals surface area (Å²) in [5.41, 5.74) is 0.650. The van der Waals surface area contributed by atoms with E-state index in [0.717, 1.165) is 0 Å². The molecule has 6 heteroatoms. The molecular weight excluding hydrogens is 266 g/mol. The number of sulfonamides is 1. The molecule has 0 aliphatic rings. The average Bonchev–Trinajstić information content (AvgIpc) is 2.26. The minimum atomic E-state index is -3.49.